The Bertz CT molecular complexity index is 699. The number of anilines is 1. The first-order valence-electron chi connectivity index (χ1n) is 7.04. The van der Waals surface area contributed by atoms with Crippen LogP contribution in [0, 0.1) is 0 Å². The van der Waals surface area contributed by atoms with E-state index in [2.05, 4.69) is 14.7 Å². The first-order chi connectivity index (χ1) is 11.2. The fourth-order valence-corrected chi connectivity index (χ4v) is 1.68. The number of rotatable bonds is 6. The van der Waals surface area contributed by atoms with Gasteiger partial charge in [-0.2, -0.15) is 13.8 Å². The number of alkyl halides is 2. The highest BCUT2D eigenvalue weighted by Gasteiger charge is 2.40. The van der Waals surface area contributed by atoms with E-state index in [1.54, 1.807) is 28.2 Å². The zero-order valence-electron chi connectivity index (χ0n) is 13.8. The standard InChI is InChI=1S/C15H18F2N4O3/c1-20(2)12(22)9-23-11-7-5-10(6-8-11)15(16,17)13-18-14(19-24-13)21(3)4/h5-8H,9H2,1-4H3. The molecule has 0 saturated heterocycles. The molecule has 1 amide bonds. The van der Waals surface area contributed by atoms with Crippen molar-refractivity contribution in [2.45, 2.75) is 5.92 Å². The summed E-state index contributed by atoms with van der Waals surface area (Å²) in [5, 5.41) is 3.48. The number of ether oxygens (including phenoxy) is 1. The van der Waals surface area contributed by atoms with Gasteiger partial charge in [0.05, 0.1) is 0 Å². The summed E-state index contributed by atoms with van der Waals surface area (Å²) in [5.41, 5.74) is -0.317. The van der Waals surface area contributed by atoms with Gasteiger partial charge in [0, 0.05) is 33.8 Å². The van der Waals surface area contributed by atoms with Crippen molar-refractivity contribution in [1.29, 1.82) is 0 Å². The topological polar surface area (TPSA) is 71.7 Å². The van der Waals surface area contributed by atoms with Crippen molar-refractivity contribution in [3.63, 3.8) is 0 Å². The molecule has 2 aromatic rings. The van der Waals surface area contributed by atoms with Crippen LogP contribution in [0.1, 0.15) is 11.5 Å². The van der Waals surface area contributed by atoms with Gasteiger partial charge < -0.3 is 19.1 Å². The lowest BCUT2D eigenvalue weighted by molar-refractivity contribution is -0.130. The largest absolute Gasteiger partial charge is 0.484 e. The predicted octanol–water partition coefficient (Wildman–Crippen LogP) is 1.74. The van der Waals surface area contributed by atoms with Crippen LogP contribution in [0.3, 0.4) is 0 Å². The number of halogens is 2. The number of benzene rings is 1. The van der Waals surface area contributed by atoms with Gasteiger partial charge in [0.25, 0.3) is 11.9 Å². The van der Waals surface area contributed by atoms with E-state index >= 15 is 0 Å². The summed E-state index contributed by atoms with van der Waals surface area (Å²) in [6.45, 7) is -0.168. The maximum Gasteiger partial charge on any atom is 0.350 e. The van der Waals surface area contributed by atoms with Gasteiger partial charge in [-0.1, -0.05) is 0 Å². The van der Waals surface area contributed by atoms with Crippen LogP contribution in [0.5, 0.6) is 5.75 Å². The van der Waals surface area contributed by atoms with Crippen molar-refractivity contribution in [2.24, 2.45) is 0 Å². The van der Waals surface area contributed by atoms with Gasteiger partial charge in [-0.15, -0.1) is 0 Å². The van der Waals surface area contributed by atoms with Crippen molar-refractivity contribution in [2.75, 3.05) is 39.7 Å². The molecule has 130 valence electrons. The number of amides is 1. The molecular formula is C15H18F2N4O3. The van der Waals surface area contributed by atoms with Crippen LogP contribution in [0.2, 0.25) is 0 Å². The molecule has 2 rings (SSSR count). The number of carbonyl (C=O) groups is 1. The van der Waals surface area contributed by atoms with Crippen LogP contribution in [0.25, 0.3) is 0 Å². The first-order valence-corrected chi connectivity index (χ1v) is 7.04. The van der Waals surface area contributed by atoms with Crippen LogP contribution in [0.15, 0.2) is 28.8 Å². The van der Waals surface area contributed by atoms with Gasteiger partial charge in [0.15, 0.2) is 6.61 Å². The summed E-state index contributed by atoms with van der Waals surface area (Å²) >= 11 is 0. The van der Waals surface area contributed by atoms with Gasteiger partial charge in [0.1, 0.15) is 5.75 Å². The second-order valence-corrected chi connectivity index (χ2v) is 5.47. The minimum Gasteiger partial charge on any atom is -0.484 e. The van der Waals surface area contributed by atoms with Crippen molar-refractivity contribution < 1.29 is 22.8 Å². The van der Waals surface area contributed by atoms with E-state index in [0.717, 1.165) is 0 Å². The third-order valence-corrected chi connectivity index (χ3v) is 3.16. The molecule has 0 fully saturated rings. The van der Waals surface area contributed by atoms with E-state index in [-0.39, 0.29) is 24.0 Å². The number of hydrogen-bond donors (Lipinski definition) is 0. The summed E-state index contributed by atoms with van der Waals surface area (Å²) < 4.78 is 38.7. The smallest absolute Gasteiger partial charge is 0.350 e. The van der Waals surface area contributed by atoms with E-state index in [4.69, 9.17) is 4.74 Å². The average molecular weight is 340 g/mol. The third-order valence-electron chi connectivity index (χ3n) is 3.16. The number of likely N-dealkylation sites (N-methyl/N-ethyl adjacent to an activating group) is 1. The second kappa shape index (κ2) is 6.81. The van der Waals surface area contributed by atoms with Gasteiger partial charge in [-0.25, -0.2) is 0 Å². The summed E-state index contributed by atoms with van der Waals surface area (Å²) in [5.74, 6) is -4.08. The van der Waals surface area contributed by atoms with Crippen molar-refractivity contribution in [3.8, 4) is 5.75 Å². The highest BCUT2D eigenvalue weighted by atomic mass is 19.3. The lowest BCUT2D eigenvalue weighted by Gasteiger charge is -2.14. The maximum absolute atomic E-state index is 14.4. The van der Waals surface area contributed by atoms with Crippen molar-refractivity contribution >= 4 is 11.9 Å². The molecule has 1 aromatic heterocycles. The second-order valence-electron chi connectivity index (χ2n) is 5.47. The Morgan fingerprint density at radius 1 is 1.21 bits per heavy atom. The summed E-state index contributed by atoms with van der Waals surface area (Å²) in [4.78, 5) is 17.9. The van der Waals surface area contributed by atoms with Gasteiger partial charge in [0.2, 0.25) is 0 Å². The summed E-state index contributed by atoms with van der Waals surface area (Å²) in [6, 6.07) is 5.09. The molecule has 7 nitrogen and oxygen atoms in total. The van der Waals surface area contributed by atoms with E-state index in [9.17, 15) is 13.6 Å². The maximum atomic E-state index is 14.4. The Labute approximate surface area is 137 Å². The molecule has 0 aliphatic carbocycles. The number of carbonyl (C=O) groups excluding carboxylic acids is 1. The quantitative estimate of drug-likeness (QED) is 0.798. The normalized spacial score (nSPS) is 11.2. The highest BCUT2D eigenvalue weighted by Crippen LogP contribution is 2.35. The van der Waals surface area contributed by atoms with Gasteiger partial charge in [-0.3, -0.25) is 4.79 Å². The van der Waals surface area contributed by atoms with Gasteiger partial charge >= 0.3 is 11.8 Å². The molecule has 0 bridgehead atoms. The molecule has 0 aliphatic heterocycles. The Balaban J connectivity index is 2.12. The zero-order valence-corrected chi connectivity index (χ0v) is 13.8. The molecular weight excluding hydrogens is 322 g/mol. The molecule has 0 spiro atoms. The van der Waals surface area contributed by atoms with E-state index in [1.165, 1.54) is 34.1 Å². The van der Waals surface area contributed by atoms with Crippen LogP contribution in [-0.2, 0) is 10.7 Å². The first kappa shape index (κ1) is 17.6. The molecule has 0 unspecified atom stereocenters. The Morgan fingerprint density at radius 2 is 1.83 bits per heavy atom. The molecule has 24 heavy (non-hydrogen) atoms. The zero-order chi connectivity index (χ0) is 17.9. The van der Waals surface area contributed by atoms with Crippen LogP contribution < -0.4 is 9.64 Å². The summed E-state index contributed by atoms with van der Waals surface area (Å²) in [7, 11) is 6.44. The molecule has 1 heterocycles. The highest BCUT2D eigenvalue weighted by molar-refractivity contribution is 5.77. The molecule has 9 heteroatoms. The number of aromatic nitrogens is 2. The van der Waals surface area contributed by atoms with Gasteiger partial charge in [-0.05, 0) is 29.4 Å². The summed E-state index contributed by atoms with van der Waals surface area (Å²) in [6.07, 6.45) is 0. The predicted molar refractivity (Wildman–Crippen MR) is 82.3 cm³/mol. The number of hydrogen-bond acceptors (Lipinski definition) is 6. The third kappa shape index (κ3) is 3.79. The minimum atomic E-state index is -3.43. The fraction of sp³-hybridized carbons (Fsp3) is 0.400. The van der Waals surface area contributed by atoms with E-state index < -0.39 is 11.8 Å². The fourth-order valence-electron chi connectivity index (χ4n) is 1.68. The van der Waals surface area contributed by atoms with E-state index in [1.807, 2.05) is 0 Å². The van der Waals surface area contributed by atoms with Crippen LogP contribution in [0.4, 0.5) is 14.7 Å². The average Bonchev–Trinajstić information content (AvgIpc) is 3.04. The molecule has 0 atom stereocenters. The van der Waals surface area contributed by atoms with Crippen LogP contribution in [-0.4, -0.2) is 55.7 Å². The minimum absolute atomic E-state index is 0.0619. The lowest BCUT2D eigenvalue weighted by Crippen LogP contribution is -2.27. The Morgan fingerprint density at radius 3 is 2.33 bits per heavy atom. The molecule has 0 radical (unpaired) electrons. The Hall–Kier alpha value is -2.71. The molecule has 0 N–H and O–H groups in total. The molecule has 1 aromatic carbocycles. The number of nitrogens with zero attached hydrogens (tertiary/aromatic N) is 4. The van der Waals surface area contributed by atoms with E-state index in [0.29, 0.717) is 5.75 Å². The van der Waals surface area contributed by atoms with Crippen molar-refractivity contribution in [3.05, 3.63) is 35.7 Å². The van der Waals surface area contributed by atoms with Crippen molar-refractivity contribution in [1.82, 2.24) is 15.0 Å². The molecule has 0 saturated carbocycles. The Kier molecular flexibility index (Phi) is 5.01. The lowest BCUT2D eigenvalue weighted by atomic mass is 10.1. The SMILES string of the molecule is CN(C)C(=O)COc1ccc(C(F)(F)c2nc(N(C)C)no2)cc1. The van der Waals surface area contributed by atoms with Crippen LogP contribution >= 0.6 is 0 Å². The molecule has 0 aliphatic rings. The monoisotopic (exact) mass is 340 g/mol.